The lowest BCUT2D eigenvalue weighted by Gasteiger charge is -2.35. The average Bonchev–Trinajstić information content (AvgIpc) is 2.91. The number of aliphatic carboxylic acids is 2. The van der Waals surface area contributed by atoms with Crippen LogP contribution in [0.3, 0.4) is 0 Å². The van der Waals surface area contributed by atoms with Gasteiger partial charge in [-0.25, -0.2) is 4.79 Å². The SMILES string of the molecule is CCCN(CCc1cccc(-c2ccccc2)c1)C(=O)[C@@H]1OC(C(=O)O)=C[C@H]([NH3+])[C@H]1NC(C)=O.O=C([O-])C(F)(F)F. The fourth-order valence-electron chi connectivity index (χ4n) is 4.10. The Bertz CT molecular complexity index is 1250. The van der Waals surface area contributed by atoms with Crippen LogP contribution in [-0.4, -0.2) is 71.2 Å². The molecule has 0 bridgehead atoms. The van der Waals surface area contributed by atoms with Crippen LogP contribution < -0.4 is 16.2 Å². The number of benzene rings is 2. The van der Waals surface area contributed by atoms with Crippen LogP contribution in [-0.2, 0) is 30.3 Å². The summed E-state index contributed by atoms with van der Waals surface area (Å²) in [6.07, 6.45) is -3.68. The van der Waals surface area contributed by atoms with Crippen LogP contribution in [0.15, 0.2) is 66.4 Å². The Morgan fingerprint density at radius 2 is 1.66 bits per heavy atom. The number of hydrogen-bond donors (Lipinski definition) is 3. The first-order valence-electron chi connectivity index (χ1n) is 12.7. The quantitative estimate of drug-likeness (QED) is 0.398. The second-order valence-corrected chi connectivity index (χ2v) is 9.19. The largest absolute Gasteiger partial charge is 0.542 e. The molecule has 0 fully saturated rings. The van der Waals surface area contributed by atoms with Gasteiger partial charge in [-0.2, -0.15) is 13.2 Å². The highest BCUT2D eigenvalue weighted by Gasteiger charge is 2.43. The maximum Gasteiger partial charge on any atom is 0.430 e. The van der Waals surface area contributed by atoms with Crippen LogP contribution in [0.25, 0.3) is 11.1 Å². The van der Waals surface area contributed by atoms with Gasteiger partial charge in [0, 0.05) is 26.1 Å². The average molecular weight is 580 g/mol. The van der Waals surface area contributed by atoms with Crippen molar-refractivity contribution < 1.29 is 53.0 Å². The van der Waals surface area contributed by atoms with Crippen LogP contribution >= 0.6 is 0 Å². The third kappa shape index (κ3) is 9.94. The number of hydrogen-bond acceptors (Lipinski definition) is 6. The van der Waals surface area contributed by atoms with Gasteiger partial charge in [-0.15, -0.1) is 0 Å². The summed E-state index contributed by atoms with van der Waals surface area (Å²) in [5, 5.41) is 20.9. The number of alkyl halides is 3. The van der Waals surface area contributed by atoms with E-state index in [0.717, 1.165) is 23.1 Å². The van der Waals surface area contributed by atoms with Crippen LogP contribution in [0.2, 0.25) is 0 Å². The first-order valence-corrected chi connectivity index (χ1v) is 12.7. The molecule has 0 radical (unpaired) electrons. The van der Waals surface area contributed by atoms with Crippen molar-refractivity contribution in [2.75, 3.05) is 13.1 Å². The molecular formula is C28H32F3N3O7. The Balaban J connectivity index is 0.000000745. The number of carboxylic acids is 2. The molecule has 2 aromatic carbocycles. The minimum Gasteiger partial charge on any atom is -0.542 e. The highest BCUT2D eigenvalue weighted by atomic mass is 19.4. The van der Waals surface area contributed by atoms with Gasteiger partial charge in [-0.05, 0) is 29.5 Å². The molecule has 0 aliphatic carbocycles. The molecule has 10 nitrogen and oxygen atoms in total. The number of halogens is 3. The fourth-order valence-corrected chi connectivity index (χ4v) is 4.10. The van der Waals surface area contributed by atoms with E-state index in [4.69, 9.17) is 14.6 Å². The third-order valence-corrected chi connectivity index (χ3v) is 5.97. The Kier molecular flexibility index (Phi) is 11.9. The Hall–Kier alpha value is -4.39. The van der Waals surface area contributed by atoms with Crippen LogP contribution in [0.1, 0.15) is 25.8 Å². The molecule has 1 aliphatic heterocycles. The van der Waals surface area contributed by atoms with Gasteiger partial charge >= 0.3 is 12.1 Å². The first-order chi connectivity index (χ1) is 19.2. The molecule has 0 spiro atoms. The molecule has 0 unspecified atom stereocenters. The highest BCUT2D eigenvalue weighted by Crippen LogP contribution is 2.22. The molecule has 1 heterocycles. The van der Waals surface area contributed by atoms with Crippen molar-refractivity contribution in [1.82, 2.24) is 10.2 Å². The second-order valence-electron chi connectivity index (χ2n) is 9.19. The molecule has 3 atom stereocenters. The van der Waals surface area contributed by atoms with Gasteiger partial charge in [-0.3, -0.25) is 9.59 Å². The van der Waals surface area contributed by atoms with Gasteiger partial charge in [0.05, 0.1) is 0 Å². The molecule has 0 saturated heterocycles. The summed E-state index contributed by atoms with van der Waals surface area (Å²) in [6.45, 7) is 4.23. The Morgan fingerprint density at radius 3 is 2.20 bits per heavy atom. The van der Waals surface area contributed by atoms with Gasteiger partial charge in [0.1, 0.15) is 18.1 Å². The predicted molar refractivity (Wildman–Crippen MR) is 138 cm³/mol. The summed E-state index contributed by atoms with van der Waals surface area (Å²) in [7, 11) is 0. The van der Waals surface area contributed by atoms with E-state index < -0.39 is 36.3 Å². The predicted octanol–water partition coefficient (Wildman–Crippen LogP) is 0.916. The van der Waals surface area contributed by atoms with Gasteiger partial charge in [0.2, 0.25) is 17.8 Å². The van der Waals surface area contributed by atoms with Crippen molar-refractivity contribution in [3.05, 3.63) is 72.0 Å². The zero-order chi connectivity index (χ0) is 30.7. The van der Waals surface area contributed by atoms with E-state index >= 15 is 0 Å². The molecule has 5 N–H and O–H groups in total. The first kappa shape index (κ1) is 32.8. The molecular weight excluding hydrogens is 547 g/mol. The maximum atomic E-state index is 13.5. The number of carboxylic acid groups (broad SMARTS) is 2. The van der Waals surface area contributed by atoms with E-state index in [9.17, 15) is 32.7 Å². The highest BCUT2D eigenvalue weighted by molar-refractivity contribution is 5.88. The van der Waals surface area contributed by atoms with Crippen molar-refractivity contribution in [1.29, 1.82) is 0 Å². The number of ether oxygens (including phenoxy) is 1. The van der Waals surface area contributed by atoms with Crippen molar-refractivity contribution in [3.8, 4) is 11.1 Å². The lowest BCUT2D eigenvalue weighted by Crippen LogP contribution is -2.74. The number of carbonyl (C=O) groups excluding carboxylic acids is 3. The molecule has 13 heteroatoms. The minimum absolute atomic E-state index is 0.327. The molecule has 41 heavy (non-hydrogen) atoms. The Morgan fingerprint density at radius 1 is 1.05 bits per heavy atom. The van der Waals surface area contributed by atoms with E-state index in [0.29, 0.717) is 19.5 Å². The lowest BCUT2D eigenvalue weighted by atomic mass is 9.97. The van der Waals surface area contributed by atoms with E-state index in [1.54, 1.807) is 4.90 Å². The van der Waals surface area contributed by atoms with E-state index in [2.05, 4.69) is 35.3 Å². The summed E-state index contributed by atoms with van der Waals surface area (Å²) >= 11 is 0. The van der Waals surface area contributed by atoms with Crippen LogP contribution in [0.5, 0.6) is 0 Å². The molecule has 2 amide bonds. The normalized spacial score (nSPS) is 18.1. The number of rotatable bonds is 9. The van der Waals surface area contributed by atoms with Gasteiger partial charge in [-0.1, -0.05) is 61.5 Å². The third-order valence-electron chi connectivity index (χ3n) is 5.97. The standard InChI is InChI=1S/C26H31N3O5.C2HF3O2/c1-3-13-29(14-12-18-8-7-11-20(15-18)19-9-5-4-6-10-19)25(31)24-23(28-17(2)30)21(27)16-22(34-24)26(32)33;3-2(4,5)1(6)7/h4-11,15-16,21,23-24H,3,12-14,27H2,1-2H3,(H,28,30)(H,32,33);(H,6,7)/t21-,23+,24+;/m0./s1. The zero-order valence-corrected chi connectivity index (χ0v) is 22.5. The summed E-state index contributed by atoms with van der Waals surface area (Å²) in [4.78, 5) is 47.2. The van der Waals surface area contributed by atoms with Crippen molar-refractivity contribution in [2.45, 2.75) is 51.1 Å². The number of nitrogens with one attached hydrogen (secondary N) is 1. The lowest BCUT2D eigenvalue weighted by molar-refractivity contribution is -0.414. The van der Waals surface area contributed by atoms with Crippen LogP contribution in [0, 0.1) is 0 Å². The van der Waals surface area contributed by atoms with Crippen LogP contribution in [0.4, 0.5) is 13.2 Å². The van der Waals surface area contributed by atoms with E-state index in [-0.39, 0.29) is 17.6 Å². The number of amides is 2. The number of nitrogens with zero attached hydrogens (tertiary/aromatic N) is 1. The minimum atomic E-state index is -5.19. The number of carbonyl (C=O) groups is 4. The molecule has 1 aliphatic rings. The topological polar surface area (TPSA) is 164 Å². The van der Waals surface area contributed by atoms with E-state index in [1.807, 2.05) is 37.3 Å². The second kappa shape index (κ2) is 14.8. The van der Waals surface area contributed by atoms with Gasteiger partial charge < -0.3 is 35.7 Å². The van der Waals surface area contributed by atoms with Crippen molar-refractivity contribution in [3.63, 3.8) is 0 Å². The molecule has 3 rings (SSSR count). The van der Waals surface area contributed by atoms with Gasteiger partial charge in [0.25, 0.3) is 5.91 Å². The maximum absolute atomic E-state index is 13.5. The summed E-state index contributed by atoms with van der Waals surface area (Å²) < 4.78 is 37.1. The summed E-state index contributed by atoms with van der Waals surface area (Å²) in [6, 6.07) is 16.9. The molecule has 0 saturated carbocycles. The van der Waals surface area contributed by atoms with E-state index in [1.165, 1.54) is 13.0 Å². The smallest absolute Gasteiger partial charge is 0.430 e. The fraction of sp³-hybridized carbons (Fsp3) is 0.357. The number of quaternary nitrogens is 1. The van der Waals surface area contributed by atoms with Crippen molar-refractivity contribution >= 4 is 23.8 Å². The Labute approximate surface area is 234 Å². The zero-order valence-electron chi connectivity index (χ0n) is 22.5. The van der Waals surface area contributed by atoms with Crippen molar-refractivity contribution in [2.24, 2.45) is 0 Å². The van der Waals surface area contributed by atoms with Gasteiger partial charge in [0.15, 0.2) is 0 Å². The monoisotopic (exact) mass is 579 g/mol. The molecule has 0 aromatic heterocycles. The summed E-state index contributed by atoms with van der Waals surface area (Å²) in [5.41, 5.74) is 7.23. The molecule has 2 aromatic rings. The summed E-state index contributed by atoms with van der Waals surface area (Å²) in [5.74, 6) is -5.31. The molecule has 222 valence electrons.